The highest BCUT2D eigenvalue weighted by Gasteiger charge is 2.30. The van der Waals surface area contributed by atoms with Crippen molar-refractivity contribution in [2.45, 2.75) is 52.2 Å². The van der Waals surface area contributed by atoms with E-state index in [0.29, 0.717) is 24.9 Å². The number of aliphatic hydroxyl groups excluding tert-OH is 1. The average Bonchev–Trinajstić information content (AvgIpc) is 2.50. The molecule has 1 fully saturated rings. The van der Waals surface area contributed by atoms with Crippen molar-refractivity contribution in [1.29, 1.82) is 0 Å². The number of hydrogen-bond acceptors (Lipinski definition) is 3. The van der Waals surface area contributed by atoms with E-state index >= 15 is 0 Å². The molecule has 5 heteroatoms. The van der Waals surface area contributed by atoms with Crippen molar-refractivity contribution < 1.29 is 14.7 Å². The van der Waals surface area contributed by atoms with Crippen LogP contribution in [0.1, 0.15) is 48.2 Å². The van der Waals surface area contributed by atoms with Crippen molar-refractivity contribution in [1.82, 2.24) is 10.2 Å². The van der Waals surface area contributed by atoms with Crippen LogP contribution in [-0.4, -0.2) is 47.1 Å². The van der Waals surface area contributed by atoms with Crippen LogP contribution in [-0.2, 0) is 11.2 Å². The maximum Gasteiger partial charge on any atom is 0.254 e. The molecule has 0 bridgehead atoms. The van der Waals surface area contributed by atoms with Crippen molar-refractivity contribution >= 4 is 11.8 Å². The zero-order valence-corrected chi connectivity index (χ0v) is 14.1. The quantitative estimate of drug-likeness (QED) is 0.890. The number of fused-ring (bicyclic) bond motifs is 1. The predicted molar refractivity (Wildman–Crippen MR) is 89.3 cm³/mol. The molecule has 126 valence electrons. The van der Waals surface area contributed by atoms with Gasteiger partial charge < -0.3 is 15.3 Å². The largest absolute Gasteiger partial charge is 0.393 e. The molecule has 2 amide bonds. The topological polar surface area (TPSA) is 69.6 Å². The molecule has 1 aromatic rings. The maximum absolute atomic E-state index is 12.4. The number of carbonyl (C=O) groups excluding carboxylic acids is 2. The minimum Gasteiger partial charge on any atom is -0.393 e. The number of nitrogens with zero attached hydrogens (tertiary/aromatic N) is 1. The van der Waals surface area contributed by atoms with E-state index in [1.54, 1.807) is 4.90 Å². The summed E-state index contributed by atoms with van der Waals surface area (Å²) in [7, 11) is 0. The van der Waals surface area contributed by atoms with Gasteiger partial charge in [-0.05, 0) is 37.8 Å². The summed E-state index contributed by atoms with van der Waals surface area (Å²) in [5.41, 5.74) is 2.92. The fourth-order valence-electron chi connectivity index (χ4n) is 2.97. The molecule has 1 saturated carbocycles. The van der Waals surface area contributed by atoms with E-state index < -0.39 is 0 Å². The summed E-state index contributed by atoms with van der Waals surface area (Å²) in [6.45, 7) is 6.69. The third-order valence-electron chi connectivity index (χ3n) is 4.24. The first-order chi connectivity index (χ1) is 11.0. The Morgan fingerprint density at radius 2 is 2.04 bits per heavy atom. The molecule has 0 spiro atoms. The van der Waals surface area contributed by atoms with Gasteiger partial charge in [-0.2, -0.15) is 0 Å². The number of nitrogens with one attached hydrogen (secondary N) is 1. The third kappa shape index (κ3) is 4.10. The molecule has 23 heavy (non-hydrogen) atoms. The Labute approximate surface area is 137 Å². The molecule has 5 nitrogen and oxygen atoms in total. The molecule has 0 radical (unpaired) electrons. The van der Waals surface area contributed by atoms with Crippen LogP contribution in [0.25, 0.3) is 0 Å². The molecule has 0 aromatic heterocycles. The Morgan fingerprint density at radius 3 is 2.70 bits per heavy atom. The molecule has 2 aliphatic rings. The molecule has 0 saturated heterocycles. The lowest BCUT2D eigenvalue weighted by Crippen LogP contribution is -2.51. The van der Waals surface area contributed by atoms with Gasteiger partial charge in [-0.15, -0.1) is 0 Å². The number of hydrogen-bond donors (Lipinski definition) is 2. The lowest BCUT2D eigenvalue weighted by molar-refractivity contribution is -0.123. The van der Waals surface area contributed by atoms with Crippen LogP contribution in [0.2, 0.25) is 0 Å². The van der Waals surface area contributed by atoms with Gasteiger partial charge in [0.05, 0.1) is 12.6 Å². The van der Waals surface area contributed by atoms with Crippen molar-refractivity contribution in [2.75, 3.05) is 13.1 Å². The molecular weight excluding hydrogens is 292 g/mol. The fourth-order valence-corrected chi connectivity index (χ4v) is 2.97. The molecule has 3 rings (SSSR count). The molecule has 1 aromatic carbocycles. The van der Waals surface area contributed by atoms with Crippen molar-refractivity contribution in [3.8, 4) is 0 Å². The molecule has 2 N–H and O–H groups in total. The van der Waals surface area contributed by atoms with Crippen LogP contribution < -0.4 is 5.32 Å². The van der Waals surface area contributed by atoms with Crippen LogP contribution in [0.15, 0.2) is 18.2 Å². The normalized spacial score (nSPS) is 22.4. The summed E-state index contributed by atoms with van der Waals surface area (Å²) >= 11 is 0. The second-order valence-corrected chi connectivity index (χ2v) is 6.03. The van der Waals surface area contributed by atoms with E-state index in [4.69, 9.17) is 0 Å². The monoisotopic (exact) mass is 318 g/mol. The molecule has 1 aliphatic heterocycles. The zero-order chi connectivity index (χ0) is 17.0. The Hall–Kier alpha value is -1.88. The van der Waals surface area contributed by atoms with E-state index in [1.807, 2.05) is 39.0 Å². The van der Waals surface area contributed by atoms with Gasteiger partial charge in [0, 0.05) is 18.2 Å². The van der Waals surface area contributed by atoms with Gasteiger partial charge in [-0.1, -0.05) is 31.5 Å². The van der Waals surface area contributed by atoms with Gasteiger partial charge in [-0.25, -0.2) is 0 Å². The average molecular weight is 318 g/mol. The third-order valence-corrected chi connectivity index (χ3v) is 4.24. The van der Waals surface area contributed by atoms with Crippen LogP contribution in [0.5, 0.6) is 0 Å². The summed E-state index contributed by atoms with van der Waals surface area (Å²) in [6.07, 6.45) is 1.73. The van der Waals surface area contributed by atoms with E-state index in [9.17, 15) is 14.7 Å². The van der Waals surface area contributed by atoms with Crippen molar-refractivity contribution in [2.24, 2.45) is 0 Å². The second-order valence-electron chi connectivity index (χ2n) is 6.03. The first-order valence-electron chi connectivity index (χ1n) is 8.39. The second kappa shape index (κ2) is 7.59. The number of aliphatic hydroxyl groups is 1. The van der Waals surface area contributed by atoms with E-state index in [-0.39, 0.29) is 30.5 Å². The van der Waals surface area contributed by atoms with Gasteiger partial charge in [0.2, 0.25) is 5.91 Å². The highest BCUT2D eigenvalue weighted by Crippen LogP contribution is 2.21. The Bertz CT molecular complexity index is 580. The molecule has 1 aliphatic carbocycles. The molecule has 1 heterocycles. The summed E-state index contributed by atoms with van der Waals surface area (Å²) in [6, 6.07) is 5.87. The molecule has 0 atom stereocenters. The first kappa shape index (κ1) is 17.5. The van der Waals surface area contributed by atoms with Gasteiger partial charge in [0.25, 0.3) is 5.91 Å². The summed E-state index contributed by atoms with van der Waals surface area (Å²) < 4.78 is 0. The summed E-state index contributed by atoms with van der Waals surface area (Å²) in [5.74, 6) is -0.212. The number of benzene rings is 1. The highest BCUT2D eigenvalue weighted by molar-refractivity contribution is 5.98. The Kier molecular flexibility index (Phi) is 5.77. The van der Waals surface area contributed by atoms with Crippen LogP contribution in [0, 0.1) is 6.92 Å². The molecular formula is C18H26N2O3. The maximum atomic E-state index is 12.4. The number of rotatable bonds is 3. The summed E-state index contributed by atoms with van der Waals surface area (Å²) in [5, 5.41) is 12.1. The SMILES string of the molecule is CC.Cc1ccc2c(c1)CCN(CC(=O)NC1CC(O)C1)C2=O. The van der Waals surface area contributed by atoms with Gasteiger partial charge in [-0.3, -0.25) is 9.59 Å². The minimum absolute atomic E-state index is 0.0577. The number of carbonyl (C=O) groups is 2. The lowest BCUT2D eigenvalue weighted by Gasteiger charge is -2.33. The Morgan fingerprint density at radius 1 is 1.35 bits per heavy atom. The summed E-state index contributed by atoms with van der Waals surface area (Å²) in [4.78, 5) is 25.9. The van der Waals surface area contributed by atoms with E-state index in [1.165, 1.54) is 0 Å². The first-order valence-corrected chi connectivity index (χ1v) is 8.39. The Balaban J connectivity index is 0.000000924. The lowest BCUT2D eigenvalue weighted by atomic mass is 9.89. The highest BCUT2D eigenvalue weighted by atomic mass is 16.3. The van der Waals surface area contributed by atoms with Gasteiger partial charge >= 0.3 is 0 Å². The van der Waals surface area contributed by atoms with Crippen LogP contribution >= 0.6 is 0 Å². The smallest absolute Gasteiger partial charge is 0.254 e. The van der Waals surface area contributed by atoms with E-state index in [0.717, 1.165) is 17.5 Å². The molecule has 0 unspecified atom stereocenters. The van der Waals surface area contributed by atoms with Crippen molar-refractivity contribution in [3.63, 3.8) is 0 Å². The fraction of sp³-hybridized carbons (Fsp3) is 0.556. The predicted octanol–water partition coefficient (Wildman–Crippen LogP) is 1.66. The van der Waals surface area contributed by atoms with E-state index in [2.05, 4.69) is 5.32 Å². The van der Waals surface area contributed by atoms with Crippen LogP contribution in [0.3, 0.4) is 0 Å². The minimum atomic E-state index is -0.290. The van der Waals surface area contributed by atoms with Crippen molar-refractivity contribution in [3.05, 3.63) is 34.9 Å². The number of amides is 2. The number of aryl methyl sites for hydroxylation is 1. The zero-order valence-electron chi connectivity index (χ0n) is 14.1. The standard InChI is InChI=1S/C16H20N2O3.C2H6/c1-10-2-3-14-11(6-10)4-5-18(16(14)21)9-15(20)17-12-7-13(19)8-12;1-2/h2-3,6,12-13,19H,4-5,7-9H2,1H3,(H,17,20);1-2H3. The van der Waals surface area contributed by atoms with Crippen LogP contribution in [0.4, 0.5) is 0 Å². The van der Waals surface area contributed by atoms with Gasteiger partial charge in [0.15, 0.2) is 0 Å². The van der Waals surface area contributed by atoms with Gasteiger partial charge in [0.1, 0.15) is 0 Å².